The van der Waals surface area contributed by atoms with Gasteiger partial charge < -0.3 is 5.11 Å². The minimum Gasteiger partial charge on any atom is -0.480 e. The van der Waals surface area contributed by atoms with Gasteiger partial charge >= 0.3 is 5.97 Å². The maximum absolute atomic E-state index is 10.8. The topological polar surface area (TPSA) is 63.1 Å². The lowest BCUT2D eigenvalue weighted by atomic mass is 10.3. The average molecular weight is 244 g/mol. The number of thioether (sulfide) groups is 1. The zero-order valence-corrected chi connectivity index (χ0v) is 9.98. The molecule has 1 aromatic heterocycles. The van der Waals surface area contributed by atoms with Crippen molar-refractivity contribution in [3.63, 3.8) is 0 Å². The Kier molecular flexibility index (Phi) is 3.25. The molecule has 1 fully saturated rings. The van der Waals surface area contributed by atoms with Crippen molar-refractivity contribution in [1.29, 1.82) is 0 Å². The van der Waals surface area contributed by atoms with E-state index < -0.39 is 11.2 Å². The monoisotopic (exact) mass is 244 g/mol. The first-order valence-corrected chi connectivity index (χ1v) is 6.59. The number of aromatic nitrogens is 2. The predicted octanol–water partition coefficient (Wildman–Crippen LogP) is 2.37. The molecule has 1 aromatic rings. The van der Waals surface area contributed by atoms with Crippen molar-refractivity contribution >= 4 is 29.3 Å². The van der Waals surface area contributed by atoms with Crippen molar-refractivity contribution in [3.05, 3.63) is 5.82 Å². The lowest BCUT2D eigenvalue weighted by Crippen LogP contribution is -2.14. The summed E-state index contributed by atoms with van der Waals surface area (Å²) in [6.07, 6.45) is 2.96. The first kappa shape index (κ1) is 10.9. The van der Waals surface area contributed by atoms with Crippen LogP contribution in [-0.4, -0.2) is 25.7 Å². The number of hydrogen-bond donors (Lipinski definition) is 1. The Labute approximate surface area is 96.3 Å². The molecule has 1 N–H and O–H groups in total. The lowest BCUT2D eigenvalue weighted by molar-refractivity contribution is -0.136. The fraction of sp³-hybridized carbons (Fsp3) is 0.667. The normalized spacial score (nSPS) is 17.7. The Morgan fingerprint density at radius 1 is 1.73 bits per heavy atom. The number of carboxylic acid groups (broad SMARTS) is 1. The molecule has 0 aliphatic heterocycles. The van der Waals surface area contributed by atoms with Crippen LogP contribution in [0.2, 0.25) is 0 Å². The lowest BCUT2D eigenvalue weighted by Gasteiger charge is -2.04. The molecule has 1 aliphatic carbocycles. The van der Waals surface area contributed by atoms with Crippen LogP contribution in [-0.2, 0) is 4.79 Å². The highest BCUT2D eigenvalue weighted by Gasteiger charge is 2.28. The third kappa shape index (κ3) is 2.69. The maximum Gasteiger partial charge on any atom is 0.317 e. The maximum atomic E-state index is 10.8. The number of aliphatic carboxylic acids is 1. The quantitative estimate of drug-likeness (QED) is 0.806. The van der Waals surface area contributed by atoms with Gasteiger partial charge in [0, 0.05) is 5.92 Å². The molecular formula is C9H12N2O2S2. The van der Waals surface area contributed by atoms with E-state index in [1.807, 2.05) is 6.92 Å². The molecule has 1 aliphatic rings. The van der Waals surface area contributed by atoms with Gasteiger partial charge in [-0.1, -0.05) is 18.7 Å². The van der Waals surface area contributed by atoms with Gasteiger partial charge in [-0.05, 0) is 30.8 Å². The molecule has 1 unspecified atom stereocenters. The fourth-order valence-corrected chi connectivity index (χ4v) is 2.99. The van der Waals surface area contributed by atoms with E-state index in [0.29, 0.717) is 12.3 Å². The molecule has 82 valence electrons. The molecule has 1 heterocycles. The summed E-state index contributed by atoms with van der Waals surface area (Å²) in [5.41, 5.74) is 0. The van der Waals surface area contributed by atoms with Gasteiger partial charge in [-0.15, -0.1) is 0 Å². The Morgan fingerprint density at radius 2 is 2.47 bits per heavy atom. The fourth-order valence-electron chi connectivity index (χ4n) is 1.21. The summed E-state index contributed by atoms with van der Waals surface area (Å²) in [6, 6.07) is 0. The predicted molar refractivity (Wildman–Crippen MR) is 59.5 cm³/mol. The highest BCUT2D eigenvalue weighted by Crippen LogP contribution is 2.40. The van der Waals surface area contributed by atoms with Gasteiger partial charge in [0.2, 0.25) is 0 Å². The summed E-state index contributed by atoms with van der Waals surface area (Å²) < 4.78 is 5.03. The number of carboxylic acids is 1. The van der Waals surface area contributed by atoms with Gasteiger partial charge in [0.15, 0.2) is 4.34 Å². The van der Waals surface area contributed by atoms with Crippen molar-refractivity contribution in [3.8, 4) is 0 Å². The molecule has 0 radical (unpaired) electrons. The third-order valence-electron chi connectivity index (χ3n) is 2.25. The smallest absolute Gasteiger partial charge is 0.317 e. The van der Waals surface area contributed by atoms with Gasteiger partial charge in [0.25, 0.3) is 0 Å². The zero-order valence-electron chi connectivity index (χ0n) is 8.34. The Morgan fingerprint density at radius 3 is 3.00 bits per heavy atom. The highest BCUT2D eigenvalue weighted by molar-refractivity contribution is 8.02. The van der Waals surface area contributed by atoms with Gasteiger partial charge in [0.1, 0.15) is 11.1 Å². The minimum atomic E-state index is -0.773. The SMILES string of the molecule is CCC(Sc1nc(C2CC2)ns1)C(=O)O. The number of rotatable bonds is 5. The van der Waals surface area contributed by atoms with Crippen LogP contribution in [0.15, 0.2) is 4.34 Å². The van der Waals surface area contributed by atoms with Crippen LogP contribution in [0.1, 0.15) is 37.9 Å². The molecule has 1 atom stereocenters. The third-order valence-corrected chi connectivity index (χ3v) is 4.41. The molecule has 6 heteroatoms. The summed E-state index contributed by atoms with van der Waals surface area (Å²) in [5, 5.41) is 8.50. The minimum absolute atomic E-state index is 0.398. The molecule has 2 rings (SSSR count). The van der Waals surface area contributed by atoms with E-state index in [2.05, 4.69) is 9.36 Å². The average Bonchev–Trinajstić information content (AvgIpc) is 2.95. The van der Waals surface area contributed by atoms with Gasteiger partial charge in [0.05, 0.1) is 0 Å². The highest BCUT2D eigenvalue weighted by atomic mass is 32.2. The molecule has 0 aromatic carbocycles. The van der Waals surface area contributed by atoms with E-state index >= 15 is 0 Å². The summed E-state index contributed by atoms with van der Waals surface area (Å²) in [7, 11) is 0. The van der Waals surface area contributed by atoms with Crippen molar-refractivity contribution in [2.24, 2.45) is 0 Å². The van der Waals surface area contributed by atoms with Crippen molar-refractivity contribution in [2.45, 2.75) is 41.7 Å². The van der Waals surface area contributed by atoms with Crippen LogP contribution in [0.4, 0.5) is 0 Å². The number of nitrogens with zero attached hydrogens (tertiary/aromatic N) is 2. The molecule has 0 amide bonds. The Hall–Kier alpha value is -0.620. The molecule has 15 heavy (non-hydrogen) atoms. The summed E-state index contributed by atoms with van der Waals surface area (Å²) >= 11 is 2.63. The van der Waals surface area contributed by atoms with Crippen LogP contribution in [0.25, 0.3) is 0 Å². The van der Waals surface area contributed by atoms with Crippen LogP contribution in [0.5, 0.6) is 0 Å². The number of hydrogen-bond acceptors (Lipinski definition) is 5. The van der Waals surface area contributed by atoms with E-state index in [9.17, 15) is 4.79 Å². The van der Waals surface area contributed by atoms with Crippen LogP contribution >= 0.6 is 23.3 Å². The second kappa shape index (κ2) is 4.49. The van der Waals surface area contributed by atoms with E-state index in [1.165, 1.54) is 36.1 Å². The molecule has 1 saturated carbocycles. The Balaban J connectivity index is 1.99. The summed E-state index contributed by atoms with van der Waals surface area (Å²) in [4.78, 5) is 15.2. The summed E-state index contributed by atoms with van der Waals surface area (Å²) in [6.45, 7) is 1.87. The zero-order chi connectivity index (χ0) is 10.8. The second-order valence-corrected chi connectivity index (χ2v) is 5.75. The second-order valence-electron chi connectivity index (χ2n) is 3.55. The first-order valence-electron chi connectivity index (χ1n) is 4.93. The van der Waals surface area contributed by atoms with Crippen molar-refractivity contribution < 1.29 is 9.90 Å². The Bertz CT molecular complexity index is 363. The van der Waals surface area contributed by atoms with E-state index in [0.717, 1.165) is 10.2 Å². The van der Waals surface area contributed by atoms with Crippen LogP contribution in [0, 0.1) is 0 Å². The van der Waals surface area contributed by atoms with Gasteiger partial charge in [-0.3, -0.25) is 4.79 Å². The van der Waals surface area contributed by atoms with Gasteiger partial charge in [-0.25, -0.2) is 4.98 Å². The summed E-state index contributed by atoms with van der Waals surface area (Å²) in [5.74, 6) is 0.675. The standard InChI is InChI=1S/C9H12N2O2S2/c1-2-6(8(12)13)14-9-10-7(11-15-9)5-3-4-5/h5-6H,2-4H2,1H3,(H,12,13). The van der Waals surface area contributed by atoms with Crippen molar-refractivity contribution in [1.82, 2.24) is 9.36 Å². The first-order chi connectivity index (χ1) is 7.20. The van der Waals surface area contributed by atoms with Gasteiger partial charge in [-0.2, -0.15) is 4.37 Å². The van der Waals surface area contributed by atoms with Crippen LogP contribution in [0.3, 0.4) is 0 Å². The molecule has 0 bridgehead atoms. The van der Waals surface area contributed by atoms with Crippen LogP contribution < -0.4 is 0 Å². The van der Waals surface area contributed by atoms with Crippen molar-refractivity contribution in [2.75, 3.05) is 0 Å². The van der Waals surface area contributed by atoms with E-state index in [-0.39, 0.29) is 0 Å². The van der Waals surface area contributed by atoms with E-state index in [1.54, 1.807) is 0 Å². The van der Waals surface area contributed by atoms with E-state index in [4.69, 9.17) is 5.11 Å². The molecular weight excluding hydrogens is 232 g/mol. The molecule has 0 spiro atoms. The molecule has 4 nitrogen and oxygen atoms in total. The molecule has 0 saturated heterocycles. The largest absolute Gasteiger partial charge is 0.480 e. The number of carbonyl (C=O) groups is 1.